The zero-order valence-corrected chi connectivity index (χ0v) is 16.1. The average molecular weight is 363 g/mol. The highest BCUT2D eigenvalue weighted by atomic mass is 16.3. The second kappa shape index (κ2) is 7.06. The minimum absolute atomic E-state index is 0.0526. The summed E-state index contributed by atoms with van der Waals surface area (Å²) in [6, 6.07) is 10.1. The molecule has 3 heterocycles. The van der Waals surface area contributed by atoms with E-state index in [1.165, 1.54) is 0 Å². The Labute approximate surface area is 159 Å². The molecular formula is C22H25N3O2. The van der Waals surface area contributed by atoms with Crippen LogP contribution in [-0.2, 0) is 0 Å². The minimum atomic E-state index is 0.0526. The van der Waals surface area contributed by atoms with Gasteiger partial charge < -0.3 is 9.32 Å². The number of hydrogen-bond donors (Lipinski definition) is 0. The summed E-state index contributed by atoms with van der Waals surface area (Å²) >= 11 is 0. The van der Waals surface area contributed by atoms with Gasteiger partial charge in [-0.25, -0.2) is 0 Å². The monoisotopic (exact) mass is 363 g/mol. The van der Waals surface area contributed by atoms with Crippen molar-refractivity contribution in [1.82, 2.24) is 14.7 Å². The van der Waals surface area contributed by atoms with E-state index in [-0.39, 0.29) is 11.9 Å². The van der Waals surface area contributed by atoms with Gasteiger partial charge in [-0.3, -0.25) is 9.48 Å². The zero-order valence-electron chi connectivity index (χ0n) is 16.1. The van der Waals surface area contributed by atoms with E-state index < -0.39 is 0 Å². The summed E-state index contributed by atoms with van der Waals surface area (Å²) in [4.78, 5) is 15.4. The third-order valence-corrected chi connectivity index (χ3v) is 5.42. The number of nitrogens with zero attached hydrogens (tertiary/aromatic N) is 3. The third kappa shape index (κ3) is 3.29. The molecule has 1 aliphatic rings. The first-order valence-electron chi connectivity index (χ1n) is 9.50. The molecule has 4 rings (SSSR count). The first-order chi connectivity index (χ1) is 13.0. The number of benzene rings is 1. The molecule has 1 aromatic carbocycles. The van der Waals surface area contributed by atoms with Crippen molar-refractivity contribution in [2.45, 2.75) is 39.7 Å². The average Bonchev–Trinajstić information content (AvgIpc) is 3.26. The summed E-state index contributed by atoms with van der Waals surface area (Å²) in [5.74, 6) is 1.53. The first kappa shape index (κ1) is 17.6. The molecule has 0 spiro atoms. The Morgan fingerprint density at radius 2 is 1.96 bits per heavy atom. The summed E-state index contributed by atoms with van der Waals surface area (Å²) < 4.78 is 7.99. The smallest absolute Gasteiger partial charge is 0.258 e. The third-order valence-electron chi connectivity index (χ3n) is 5.42. The Bertz CT molecular complexity index is 955. The standard InChI is InChI=1S/C22H25N3O2/c1-15-12-23-25(13-15)19-10-7-11-24(14-19)22(26)20-16(2)17(3)27-21(20)18-8-5-4-6-9-18/h4-6,8-9,12-13,19H,7,10-11,14H2,1-3H3. The largest absolute Gasteiger partial charge is 0.460 e. The molecule has 0 radical (unpaired) electrons. The summed E-state index contributed by atoms with van der Waals surface area (Å²) in [6.07, 6.45) is 5.95. The molecule has 1 unspecified atom stereocenters. The second-order valence-corrected chi connectivity index (χ2v) is 7.40. The Morgan fingerprint density at radius 1 is 1.19 bits per heavy atom. The number of hydrogen-bond acceptors (Lipinski definition) is 3. The molecule has 0 saturated carbocycles. The lowest BCUT2D eigenvalue weighted by atomic mass is 10.0. The Kier molecular flexibility index (Phi) is 4.60. The Morgan fingerprint density at radius 3 is 2.67 bits per heavy atom. The fraction of sp³-hybridized carbons (Fsp3) is 0.364. The van der Waals surface area contributed by atoms with Gasteiger partial charge in [0.25, 0.3) is 5.91 Å². The van der Waals surface area contributed by atoms with Crippen LogP contribution in [0.2, 0.25) is 0 Å². The maximum absolute atomic E-state index is 13.4. The van der Waals surface area contributed by atoms with Crippen LogP contribution in [0.1, 0.15) is 46.1 Å². The van der Waals surface area contributed by atoms with Gasteiger partial charge in [-0.1, -0.05) is 30.3 Å². The molecule has 140 valence electrons. The van der Waals surface area contributed by atoms with Crippen LogP contribution in [0.5, 0.6) is 0 Å². The summed E-state index contributed by atoms with van der Waals surface area (Å²) in [6.45, 7) is 7.38. The number of amides is 1. The lowest BCUT2D eigenvalue weighted by Gasteiger charge is -2.33. The van der Waals surface area contributed by atoms with E-state index in [2.05, 4.69) is 11.3 Å². The van der Waals surface area contributed by atoms with Gasteiger partial charge in [-0.05, 0) is 39.2 Å². The van der Waals surface area contributed by atoms with Gasteiger partial charge >= 0.3 is 0 Å². The molecular weight excluding hydrogens is 338 g/mol. The molecule has 5 nitrogen and oxygen atoms in total. The van der Waals surface area contributed by atoms with E-state index in [0.29, 0.717) is 17.9 Å². The van der Waals surface area contributed by atoms with Gasteiger partial charge in [0.15, 0.2) is 0 Å². The SMILES string of the molecule is Cc1cnn(C2CCCN(C(=O)c3c(-c4ccccc4)oc(C)c3C)C2)c1. The number of piperidine rings is 1. The maximum Gasteiger partial charge on any atom is 0.258 e. The molecule has 0 bridgehead atoms. The molecule has 5 heteroatoms. The molecule has 1 saturated heterocycles. The molecule has 3 aromatic rings. The van der Waals surface area contributed by atoms with Crippen molar-refractivity contribution in [2.75, 3.05) is 13.1 Å². The van der Waals surface area contributed by atoms with Gasteiger partial charge in [0.2, 0.25) is 0 Å². The molecule has 1 aliphatic heterocycles. The van der Waals surface area contributed by atoms with E-state index >= 15 is 0 Å². The van der Waals surface area contributed by atoms with Crippen LogP contribution in [0.25, 0.3) is 11.3 Å². The van der Waals surface area contributed by atoms with Crippen molar-refractivity contribution >= 4 is 5.91 Å². The van der Waals surface area contributed by atoms with Gasteiger partial charge in [-0.2, -0.15) is 5.10 Å². The number of carbonyl (C=O) groups is 1. The predicted octanol–water partition coefficient (Wildman–Crippen LogP) is 4.55. The van der Waals surface area contributed by atoms with Crippen LogP contribution in [0.4, 0.5) is 0 Å². The van der Waals surface area contributed by atoms with E-state index in [1.807, 2.05) is 66.9 Å². The maximum atomic E-state index is 13.4. The molecule has 2 aromatic heterocycles. The fourth-order valence-electron chi connectivity index (χ4n) is 3.82. The number of carbonyl (C=O) groups excluding carboxylic acids is 1. The van der Waals surface area contributed by atoms with Crippen molar-refractivity contribution < 1.29 is 9.21 Å². The topological polar surface area (TPSA) is 51.3 Å². The minimum Gasteiger partial charge on any atom is -0.460 e. The van der Waals surface area contributed by atoms with Crippen LogP contribution in [-0.4, -0.2) is 33.7 Å². The van der Waals surface area contributed by atoms with E-state index in [9.17, 15) is 4.79 Å². The van der Waals surface area contributed by atoms with Gasteiger partial charge in [0.1, 0.15) is 11.5 Å². The van der Waals surface area contributed by atoms with Crippen LogP contribution >= 0.6 is 0 Å². The summed E-state index contributed by atoms with van der Waals surface area (Å²) in [5, 5.41) is 4.45. The molecule has 0 N–H and O–H groups in total. The van der Waals surface area contributed by atoms with Crippen LogP contribution in [0.3, 0.4) is 0 Å². The molecule has 1 atom stereocenters. The highest BCUT2D eigenvalue weighted by molar-refractivity contribution is 6.01. The quantitative estimate of drug-likeness (QED) is 0.686. The van der Waals surface area contributed by atoms with Crippen molar-refractivity contribution in [3.05, 3.63) is 65.2 Å². The van der Waals surface area contributed by atoms with Gasteiger partial charge in [0, 0.05) is 30.4 Å². The number of aryl methyl sites for hydroxylation is 2. The summed E-state index contributed by atoms with van der Waals surface area (Å²) in [7, 11) is 0. The highest BCUT2D eigenvalue weighted by Gasteiger charge is 2.30. The summed E-state index contributed by atoms with van der Waals surface area (Å²) in [5.41, 5.74) is 3.70. The van der Waals surface area contributed by atoms with E-state index in [4.69, 9.17) is 4.42 Å². The Balaban J connectivity index is 1.65. The van der Waals surface area contributed by atoms with Gasteiger partial charge in [-0.15, -0.1) is 0 Å². The second-order valence-electron chi connectivity index (χ2n) is 7.40. The fourth-order valence-corrected chi connectivity index (χ4v) is 3.82. The molecule has 0 aliphatic carbocycles. The van der Waals surface area contributed by atoms with Crippen LogP contribution < -0.4 is 0 Å². The molecule has 1 amide bonds. The number of likely N-dealkylation sites (tertiary alicyclic amines) is 1. The van der Waals surface area contributed by atoms with Crippen LogP contribution in [0, 0.1) is 20.8 Å². The van der Waals surface area contributed by atoms with E-state index in [0.717, 1.165) is 41.8 Å². The predicted molar refractivity (Wildman–Crippen MR) is 105 cm³/mol. The number of furan rings is 1. The van der Waals surface area contributed by atoms with E-state index in [1.54, 1.807) is 0 Å². The van der Waals surface area contributed by atoms with Crippen molar-refractivity contribution in [2.24, 2.45) is 0 Å². The molecule has 1 fully saturated rings. The van der Waals surface area contributed by atoms with Crippen molar-refractivity contribution in [3.8, 4) is 11.3 Å². The zero-order chi connectivity index (χ0) is 19.0. The van der Waals surface area contributed by atoms with Crippen LogP contribution in [0.15, 0.2) is 47.1 Å². The number of rotatable bonds is 3. The normalized spacial score (nSPS) is 17.3. The Hall–Kier alpha value is -2.82. The van der Waals surface area contributed by atoms with Crippen molar-refractivity contribution in [3.63, 3.8) is 0 Å². The molecule has 27 heavy (non-hydrogen) atoms. The first-order valence-corrected chi connectivity index (χ1v) is 9.50. The number of aromatic nitrogens is 2. The van der Waals surface area contributed by atoms with Crippen molar-refractivity contribution in [1.29, 1.82) is 0 Å². The highest BCUT2D eigenvalue weighted by Crippen LogP contribution is 2.33. The lowest BCUT2D eigenvalue weighted by molar-refractivity contribution is 0.0672. The van der Waals surface area contributed by atoms with Gasteiger partial charge in [0.05, 0.1) is 17.8 Å². The lowest BCUT2D eigenvalue weighted by Crippen LogP contribution is -2.41.